The standard InChI is InChI=1S/C18H18N2O/c19-14-15-6-8-17(9-7-15)21-13-3-11-20-12-10-16-4-1-2-5-18(16)20/h1-2,4-9H,3,10-13H2. The van der Waals surface area contributed by atoms with E-state index in [4.69, 9.17) is 10.00 Å². The molecule has 3 nitrogen and oxygen atoms in total. The first kappa shape index (κ1) is 13.5. The highest BCUT2D eigenvalue weighted by atomic mass is 16.5. The molecule has 0 bridgehead atoms. The summed E-state index contributed by atoms with van der Waals surface area (Å²) < 4.78 is 5.72. The van der Waals surface area contributed by atoms with E-state index in [9.17, 15) is 0 Å². The summed E-state index contributed by atoms with van der Waals surface area (Å²) in [5.74, 6) is 0.829. The highest BCUT2D eigenvalue weighted by Gasteiger charge is 2.17. The third-order valence-corrected chi connectivity index (χ3v) is 3.81. The fraction of sp³-hybridized carbons (Fsp3) is 0.278. The van der Waals surface area contributed by atoms with E-state index in [1.54, 1.807) is 12.1 Å². The topological polar surface area (TPSA) is 36.3 Å². The van der Waals surface area contributed by atoms with Gasteiger partial charge in [0.15, 0.2) is 0 Å². The van der Waals surface area contributed by atoms with Gasteiger partial charge < -0.3 is 9.64 Å². The molecular formula is C18H18N2O. The lowest BCUT2D eigenvalue weighted by molar-refractivity contribution is 0.312. The lowest BCUT2D eigenvalue weighted by Gasteiger charge is -2.19. The maximum Gasteiger partial charge on any atom is 0.119 e. The quantitative estimate of drug-likeness (QED) is 0.787. The Hall–Kier alpha value is -2.47. The minimum absolute atomic E-state index is 0.663. The Bertz CT molecular complexity index is 643. The van der Waals surface area contributed by atoms with Crippen molar-refractivity contribution in [3.05, 3.63) is 59.7 Å². The molecule has 0 amide bonds. The van der Waals surface area contributed by atoms with Gasteiger partial charge in [0.2, 0.25) is 0 Å². The van der Waals surface area contributed by atoms with Crippen molar-refractivity contribution in [1.82, 2.24) is 0 Å². The third-order valence-electron chi connectivity index (χ3n) is 3.81. The highest BCUT2D eigenvalue weighted by Crippen LogP contribution is 2.27. The summed E-state index contributed by atoms with van der Waals surface area (Å²) in [6, 6.07) is 18.0. The van der Waals surface area contributed by atoms with Gasteiger partial charge in [-0.1, -0.05) is 18.2 Å². The lowest BCUT2D eigenvalue weighted by Crippen LogP contribution is -2.23. The molecule has 2 aromatic rings. The van der Waals surface area contributed by atoms with Crippen molar-refractivity contribution in [1.29, 1.82) is 5.26 Å². The van der Waals surface area contributed by atoms with Crippen LogP contribution in [0.2, 0.25) is 0 Å². The average Bonchev–Trinajstić information content (AvgIpc) is 2.95. The second-order valence-electron chi connectivity index (χ2n) is 5.20. The number of nitrogens with zero attached hydrogens (tertiary/aromatic N) is 2. The van der Waals surface area contributed by atoms with Crippen molar-refractivity contribution in [2.75, 3.05) is 24.6 Å². The first-order chi connectivity index (χ1) is 10.4. The van der Waals surface area contributed by atoms with E-state index in [0.717, 1.165) is 31.7 Å². The van der Waals surface area contributed by atoms with Gasteiger partial charge in [0.25, 0.3) is 0 Å². The second kappa shape index (κ2) is 6.32. The minimum Gasteiger partial charge on any atom is -0.494 e. The molecule has 0 aromatic heterocycles. The molecule has 1 aliphatic heterocycles. The Labute approximate surface area is 125 Å². The number of benzene rings is 2. The molecule has 2 aromatic carbocycles. The summed E-state index contributed by atoms with van der Waals surface area (Å²) in [6.07, 6.45) is 2.14. The van der Waals surface area contributed by atoms with Gasteiger partial charge in [0.1, 0.15) is 5.75 Å². The van der Waals surface area contributed by atoms with Crippen LogP contribution in [0.25, 0.3) is 0 Å². The smallest absolute Gasteiger partial charge is 0.119 e. The molecule has 0 unspecified atom stereocenters. The number of rotatable bonds is 5. The molecular weight excluding hydrogens is 260 g/mol. The van der Waals surface area contributed by atoms with Crippen LogP contribution in [-0.2, 0) is 6.42 Å². The Morgan fingerprint density at radius 3 is 2.71 bits per heavy atom. The third kappa shape index (κ3) is 3.17. The maximum atomic E-state index is 8.75. The number of anilines is 1. The number of hydrogen-bond donors (Lipinski definition) is 0. The van der Waals surface area contributed by atoms with Crippen molar-refractivity contribution in [3.8, 4) is 11.8 Å². The van der Waals surface area contributed by atoms with Crippen LogP contribution in [-0.4, -0.2) is 19.7 Å². The lowest BCUT2D eigenvalue weighted by atomic mass is 10.2. The van der Waals surface area contributed by atoms with Gasteiger partial charge in [0, 0.05) is 18.8 Å². The zero-order valence-corrected chi connectivity index (χ0v) is 12.0. The summed E-state index contributed by atoms with van der Waals surface area (Å²) in [6.45, 7) is 2.83. The molecule has 0 saturated heterocycles. The number of nitriles is 1. The molecule has 21 heavy (non-hydrogen) atoms. The van der Waals surface area contributed by atoms with E-state index in [0.29, 0.717) is 12.2 Å². The van der Waals surface area contributed by atoms with E-state index in [1.165, 1.54) is 11.3 Å². The molecule has 106 valence electrons. The van der Waals surface area contributed by atoms with Crippen molar-refractivity contribution in [2.24, 2.45) is 0 Å². The molecule has 3 heteroatoms. The van der Waals surface area contributed by atoms with Crippen LogP contribution in [0.4, 0.5) is 5.69 Å². The first-order valence-corrected chi connectivity index (χ1v) is 7.32. The number of hydrogen-bond acceptors (Lipinski definition) is 3. The SMILES string of the molecule is N#Cc1ccc(OCCCN2CCc3ccccc32)cc1. The fourth-order valence-electron chi connectivity index (χ4n) is 2.71. The molecule has 0 N–H and O–H groups in total. The summed E-state index contributed by atoms with van der Waals surface area (Å²) in [5.41, 5.74) is 3.48. The van der Waals surface area contributed by atoms with Gasteiger partial charge in [-0.3, -0.25) is 0 Å². The normalized spacial score (nSPS) is 12.8. The van der Waals surface area contributed by atoms with E-state index >= 15 is 0 Å². The van der Waals surface area contributed by atoms with Gasteiger partial charge in [-0.05, 0) is 48.7 Å². The van der Waals surface area contributed by atoms with Crippen LogP contribution in [0.5, 0.6) is 5.75 Å². The largest absolute Gasteiger partial charge is 0.494 e. The molecule has 0 aliphatic carbocycles. The molecule has 0 saturated carbocycles. The van der Waals surface area contributed by atoms with Crippen molar-refractivity contribution in [2.45, 2.75) is 12.8 Å². The van der Waals surface area contributed by atoms with Crippen LogP contribution >= 0.6 is 0 Å². The number of ether oxygens (including phenoxy) is 1. The number of para-hydroxylation sites is 1. The monoisotopic (exact) mass is 278 g/mol. The zero-order valence-electron chi connectivity index (χ0n) is 12.0. The molecule has 3 rings (SSSR count). The van der Waals surface area contributed by atoms with Gasteiger partial charge in [-0.25, -0.2) is 0 Å². The van der Waals surface area contributed by atoms with Crippen LogP contribution in [0.15, 0.2) is 48.5 Å². The van der Waals surface area contributed by atoms with Crippen LogP contribution in [0.3, 0.4) is 0 Å². The Morgan fingerprint density at radius 1 is 1.10 bits per heavy atom. The van der Waals surface area contributed by atoms with E-state index in [1.807, 2.05) is 12.1 Å². The highest BCUT2D eigenvalue weighted by molar-refractivity contribution is 5.57. The van der Waals surface area contributed by atoms with Crippen molar-refractivity contribution in [3.63, 3.8) is 0 Å². The van der Waals surface area contributed by atoms with Crippen molar-refractivity contribution < 1.29 is 4.74 Å². The predicted octanol–water partition coefficient (Wildman–Crippen LogP) is 3.39. The van der Waals surface area contributed by atoms with E-state index in [2.05, 4.69) is 35.2 Å². The second-order valence-corrected chi connectivity index (χ2v) is 5.20. The molecule has 0 atom stereocenters. The summed E-state index contributed by atoms with van der Waals surface area (Å²) in [7, 11) is 0. The Balaban J connectivity index is 1.46. The van der Waals surface area contributed by atoms with Gasteiger partial charge in [-0.2, -0.15) is 5.26 Å². The summed E-state index contributed by atoms with van der Waals surface area (Å²) >= 11 is 0. The fourth-order valence-corrected chi connectivity index (χ4v) is 2.71. The first-order valence-electron chi connectivity index (χ1n) is 7.32. The molecule has 0 fully saturated rings. The Morgan fingerprint density at radius 2 is 1.90 bits per heavy atom. The summed E-state index contributed by atoms with van der Waals surface area (Å²) in [5, 5.41) is 8.75. The van der Waals surface area contributed by atoms with Crippen LogP contribution in [0.1, 0.15) is 17.5 Å². The number of fused-ring (bicyclic) bond motifs is 1. The molecule has 1 heterocycles. The maximum absolute atomic E-state index is 8.75. The molecule has 0 radical (unpaired) electrons. The molecule has 0 spiro atoms. The minimum atomic E-state index is 0.663. The van der Waals surface area contributed by atoms with Gasteiger partial charge in [0.05, 0.1) is 18.2 Å². The van der Waals surface area contributed by atoms with Crippen molar-refractivity contribution >= 4 is 5.69 Å². The van der Waals surface area contributed by atoms with Crippen LogP contribution < -0.4 is 9.64 Å². The van der Waals surface area contributed by atoms with E-state index < -0.39 is 0 Å². The summed E-state index contributed by atoms with van der Waals surface area (Å²) in [4.78, 5) is 2.43. The molecule has 1 aliphatic rings. The zero-order chi connectivity index (χ0) is 14.5. The van der Waals surface area contributed by atoms with Crippen LogP contribution in [0, 0.1) is 11.3 Å². The van der Waals surface area contributed by atoms with E-state index in [-0.39, 0.29) is 0 Å². The van der Waals surface area contributed by atoms with Gasteiger partial charge in [-0.15, -0.1) is 0 Å². The van der Waals surface area contributed by atoms with Gasteiger partial charge >= 0.3 is 0 Å². The predicted molar refractivity (Wildman–Crippen MR) is 83.6 cm³/mol. The Kier molecular flexibility index (Phi) is 4.07. The average molecular weight is 278 g/mol.